The standard InChI is InChI=1S/C24H28N2O7/c1-32-13-11-20(22(28)25-12-10-21(27)23(29)30)26-24(31)33-14-19-17-8-4-2-6-15(17)16-7-3-5-9-18(16)19/h2-9,19-21,27H,10-14H2,1H3,(H,25,28)(H,26,31)(H,29,30)/t20?,21-/m0/s1. The van der Waals surface area contributed by atoms with Gasteiger partial charge in [-0.25, -0.2) is 9.59 Å². The maximum Gasteiger partial charge on any atom is 0.407 e. The lowest BCUT2D eigenvalue weighted by Gasteiger charge is -2.20. The lowest BCUT2D eigenvalue weighted by Crippen LogP contribution is -2.48. The van der Waals surface area contributed by atoms with Crippen molar-refractivity contribution in [2.45, 2.75) is 30.9 Å². The molecule has 0 heterocycles. The van der Waals surface area contributed by atoms with E-state index in [1.807, 2.05) is 48.5 Å². The first kappa shape index (κ1) is 24.2. The Bertz CT molecular complexity index is 949. The third kappa shape index (κ3) is 6.09. The van der Waals surface area contributed by atoms with Crippen LogP contribution in [-0.4, -0.2) is 67.2 Å². The van der Waals surface area contributed by atoms with E-state index in [0.29, 0.717) is 0 Å². The van der Waals surface area contributed by atoms with E-state index in [2.05, 4.69) is 10.6 Å². The molecule has 4 N–H and O–H groups in total. The van der Waals surface area contributed by atoms with Gasteiger partial charge in [0.05, 0.1) is 0 Å². The lowest BCUT2D eigenvalue weighted by atomic mass is 9.98. The Labute approximate surface area is 191 Å². The molecule has 0 fully saturated rings. The molecular formula is C24H28N2O7. The molecule has 0 bridgehead atoms. The highest BCUT2D eigenvalue weighted by atomic mass is 16.5. The predicted molar refractivity (Wildman–Crippen MR) is 120 cm³/mol. The number of benzene rings is 2. The number of ether oxygens (including phenoxy) is 2. The third-order valence-electron chi connectivity index (χ3n) is 5.56. The molecule has 0 radical (unpaired) electrons. The van der Waals surface area contributed by atoms with Gasteiger partial charge in [-0.2, -0.15) is 0 Å². The number of aliphatic hydroxyl groups excluding tert-OH is 1. The Morgan fingerprint density at radius 2 is 1.61 bits per heavy atom. The van der Waals surface area contributed by atoms with Gasteiger partial charge in [0.15, 0.2) is 6.10 Å². The molecule has 1 aliphatic carbocycles. The number of carbonyl (C=O) groups excluding carboxylic acids is 2. The fraction of sp³-hybridized carbons (Fsp3) is 0.375. The molecule has 9 heteroatoms. The lowest BCUT2D eigenvalue weighted by molar-refractivity contribution is -0.147. The van der Waals surface area contributed by atoms with Crippen molar-refractivity contribution in [1.82, 2.24) is 10.6 Å². The zero-order chi connectivity index (χ0) is 23.8. The summed E-state index contributed by atoms with van der Waals surface area (Å²) in [6, 6.07) is 15.0. The molecule has 176 valence electrons. The van der Waals surface area contributed by atoms with Crippen molar-refractivity contribution in [3.63, 3.8) is 0 Å². The Hall–Kier alpha value is -3.43. The van der Waals surface area contributed by atoms with E-state index in [9.17, 15) is 19.5 Å². The second kappa shape index (κ2) is 11.4. The minimum absolute atomic E-state index is 0.0534. The highest BCUT2D eigenvalue weighted by molar-refractivity contribution is 5.85. The molecule has 0 spiro atoms. The van der Waals surface area contributed by atoms with Gasteiger partial charge in [-0.1, -0.05) is 48.5 Å². The van der Waals surface area contributed by atoms with Gasteiger partial charge in [-0.05, 0) is 22.3 Å². The van der Waals surface area contributed by atoms with Crippen molar-refractivity contribution in [1.29, 1.82) is 0 Å². The molecule has 9 nitrogen and oxygen atoms in total. The maximum atomic E-state index is 12.5. The highest BCUT2D eigenvalue weighted by Crippen LogP contribution is 2.44. The molecule has 33 heavy (non-hydrogen) atoms. The zero-order valence-electron chi connectivity index (χ0n) is 18.3. The van der Waals surface area contributed by atoms with Crippen LogP contribution in [0.5, 0.6) is 0 Å². The molecule has 1 aliphatic rings. The minimum Gasteiger partial charge on any atom is -0.479 e. The summed E-state index contributed by atoms with van der Waals surface area (Å²) in [7, 11) is 1.48. The Balaban J connectivity index is 1.58. The van der Waals surface area contributed by atoms with E-state index >= 15 is 0 Å². The molecule has 2 atom stereocenters. The molecule has 0 saturated carbocycles. The van der Waals surface area contributed by atoms with Gasteiger partial charge in [-0.3, -0.25) is 4.79 Å². The number of amides is 2. The second-order valence-electron chi connectivity index (χ2n) is 7.74. The summed E-state index contributed by atoms with van der Waals surface area (Å²) in [5.41, 5.74) is 4.39. The van der Waals surface area contributed by atoms with Crippen LogP contribution in [-0.2, 0) is 19.1 Å². The third-order valence-corrected chi connectivity index (χ3v) is 5.56. The number of carboxylic acid groups (broad SMARTS) is 1. The van der Waals surface area contributed by atoms with Gasteiger partial charge in [0, 0.05) is 39.0 Å². The van der Waals surface area contributed by atoms with Crippen molar-refractivity contribution in [3.8, 4) is 11.1 Å². The van der Waals surface area contributed by atoms with Crippen LogP contribution >= 0.6 is 0 Å². The van der Waals surface area contributed by atoms with Crippen molar-refractivity contribution >= 4 is 18.0 Å². The number of carbonyl (C=O) groups is 3. The number of fused-ring (bicyclic) bond motifs is 3. The van der Waals surface area contributed by atoms with Gasteiger partial charge < -0.3 is 30.3 Å². The number of rotatable bonds is 11. The molecule has 0 saturated heterocycles. The van der Waals surface area contributed by atoms with Crippen LogP contribution in [0.3, 0.4) is 0 Å². The summed E-state index contributed by atoms with van der Waals surface area (Å²) < 4.78 is 10.5. The highest BCUT2D eigenvalue weighted by Gasteiger charge is 2.29. The van der Waals surface area contributed by atoms with Gasteiger partial charge in [0.2, 0.25) is 5.91 Å². The molecule has 1 unspecified atom stereocenters. The van der Waals surface area contributed by atoms with Crippen LogP contribution in [0.15, 0.2) is 48.5 Å². The van der Waals surface area contributed by atoms with Crippen LogP contribution in [0.25, 0.3) is 11.1 Å². The summed E-state index contributed by atoms with van der Waals surface area (Å²) in [4.78, 5) is 35.6. The predicted octanol–water partition coefficient (Wildman–Crippen LogP) is 1.88. The Morgan fingerprint density at radius 1 is 1.00 bits per heavy atom. The van der Waals surface area contributed by atoms with Crippen molar-refractivity contribution in [2.24, 2.45) is 0 Å². The summed E-state index contributed by atoms with van der Waals surface area (Å²) in [5.74, 6) is -1.98. The number of methoxy groups -OCH3 is 1. The molecule has 2 aromatic rings. The zero-order valence-corrected chi connectivity index (χ0v) is 18.3. The molecule has 2 amide bonds. The van der Waals surface area contributed by atoms with Crippen LogP contribution in [0.2, 0.25) is 0 Å². The van der Waals surface area contributed by atoms with Crippen LogP contribution in [0.1, 0.15) is 29.9 Å². The van der Waals surface area contributed by atoms with Crippen molar-refractivity contribution in [2.75, 3.05) is 26.9 Å². The van der Waals surface area contributed by atoms with Crippen molar-refractivity contribution in [3.05, 3.63) is 59.7 Å². The average molecular weight is 456 g/mol. The van der Waals surface area contributed by atoms with E-state index in [1.165, 1.54) is 7.11 Å². The normalized spacial score (nSPS) is 14.0. The Kier molecular flexibility index (Phi) is 8.39. The van der Waals surface area contributed by atoms with E-state index in [0.717, 1.165) is 22.3 Å². The number of nitrogens with one attached hydrogen (secondary N) is 2. The van der Waals surface area contributed by atoms with Gasteiger partial charge >= 0.3 is 12.1 Å². The topological polar surface area (TPSA) is 134 Å². The van der Waals surface area contributed by atoms with Crippen molar-refractivity contribution < 1.29 is 34.1 Å². The second-order valence-corrected chi connectivity index (χ2v) is 7.74. The van der Waals surface area contributed by atoms with Gasteiger partial charge in [-0.15, -0.1) is 0 Å². The smallest absolute Gasteiger partial charge is 0.407 e. The Morgan fingerprint density at radius 3 is 2.18 bits per heavy atom. The number of aliphatic hydroxyl groups is 1. The van der Waals surface area contributed by atoms with E-state index in [4.69, 9.17) is 14.6 Å². The number of hydrogen-bond acceptors (Lipinski definition) is 6. The fourth-order valence-corrected chi connectivity index (χ4v) is 3.87. The summed E-state index contributed by atoms with van der Waals surface area (Å²) >= 11 is 0. The summed E-state index contributed by atoms with van der Waals surface area (Å²) in [6.07, 6.45) is -2.26. The average Bonchev–Trinajstić information content (AvgIpc) is 3.13. The monoisotopic (exact) mass is 456 g/mol. The minimum atomic E-state index is -1.57. The fourth-order valence-electron chi connectivity index (χ4n) is 3.87. The van der Waals surface area contributed by atoms with Crippen LogP contribution < -0.4 is 10.6 Å². The molecule has 0 aromatic heterocycles. The molecular weight excluding hydrogens is 428 g/mol. The number of carboxylic acids is 1. The number of aliphatic carboxylic acids is 1. The first-order valence-electron chi connectivity index (χ1n) is 10.7. The van der Waals surface area contributed by atoms with Gasteiger partial charge in [0.1, 0.15) is 12.6 Å². The first-order valence-corrected chi connectivity index (χ1v) is 10.7. The summed E-state index contributed by atoms with van der Waals surface area (Å²) in [5, 5.41) is 23.1. The van der Waals surface area contributed by atoms with E-state index < -0.39 is 30.1 Å². The van der Waals surface area contributed by atoms with E-state index in [1.54, 1.807) is 0 Å². The van der Waals surface area contributed by atoms with Gasteiger partial charge in [0.25, 0.3) is 0 Å². The molecule has 2 aromatic carbocycles. The van der Waals surface area contributed by atoms with E-state index in [-0.39, 0.29) is 38.5 Å². The maximum absolute atomic E-state index is 12.5. The van der Waals surface area contributed by atoms with Crippen LogP contribution in [0.4, 0.5) is 4.79 Å². The number of alkyl carbamates (subject to hydrolysis) is 1. The SMILES string of the molecule is COCCC(NC(=O)OCC1c2ccccc2-c2ccccc21)C(=O)NCC[C@H](O)C(=O)O. The summed E-state index contributed by atoms with van der Waals surface area (Å²) in [6.45, 7) is 0.283. The largest absolute Gasteiger partial charge is 0.479 e. The first-order chi connectivity index (χ1) is 15.9. The van der Waals surface area contributed by atoms with Crippen LogP contribution in [0, 0.1) is 0 Å². The molecule has 3 rings (SSSR count). The quantitative estimate of drug-likeness (QED) is 0.406. The number of hydrogen-bond donors (Lipinski definition) is 4. The molecule has 0 aliphatic heterocycles.